The minimum Gasteiger partial charge on any atom is -0.315 e. The summed E-state index contributed by atoms with van der Waals surface area (Å²) >= 11 is 0. The molecule has 0 aliphatic rings. The summed E-state index contributed by atoms with van der Waals surface area (Å²) < 4.78 is 1.41. The lowest BCUT2D eigenvalue weighted by molar-refractivity contribution is 0.526. The Labute approximate surface area is 90.3 Å². The topological polar surface area (TPSA) is 46.9 Å². The molecule has 0 atom stereocenters. The maximum atomic E-state index is 11.7. The Morgan fingerprint density at radius 1 is 1.47 bits per heavy atom. The van der Waals surface area contributed by atoms with E-state index in [1.54, 1.807) is 7.05 Å². The fourth-order valence-corrected chi connectivity index (χ4v) is 1.35. The number of aryl methyl sites for hydroxylation is 1. The van der Waals surface area contributed by atoms with Crippen LogP contribution in [-0.2, 0) is 19.0 Å². The normalized spacial score (nSPS) is 11.8. The zero-order valence-electron chi connectivity index (χ0n) is 10.1. The Kier molecular flexibility index (Phi) is 3.29. The number of aromatic nitrogens is 2. The molecule has 0 aromatic carbocycles. The molecule has 0 bridgehead atoms. The van der Waals surface area contributed by atoms with Gasteiger partial charge in [-0.1, -0.05) is 20.8 Å². The van der Waals surface area contributed by atoms with Crippen LogP contribution in [0.3, 0.4) is 0 Å². The van der Waals surface area contributed by atoms with Crippen LogP contribution in [0, 0.1) is 0 Å². The van der Waals surface area contributed by atoms with E-state index in [0.29, 0.717) is 6.54 Å². The predicted molar refractivity (Wildman–Crippen MR) is 60.9 cm³/mol. The van der Waals surface area contributed by atoms with E-state index in [1.807, 2.05) is 13.1 Å². The third-order valence-corrected chi connectivity index (χ3v) is 2.27. The number of rotatable bonds is 2. The molecular weight excluding hydrogens is 190 g/mol. The molecule has 1 N–H and O–H groups in total. The molecule has 0 amide bonds. The lowest BCUT2D eigenvalue weighted by Gasteiger charge is -2.19. The summed E-state index contributed by atoms with van der Waals surface area (Å²) in [4.78, 5) is 11.7. The van der Waals surface area contributed by atoms with Gasteiger partial charge in [0.05, 0.1) is 5.69 Å². The average molecular weight is 209 g/mol. The Morgan fingerprint density at radius 3 is 2.53 bits per heavy atom. The van der Waals surface area contributed by atoms with E-state index in [0.717, 1.165) is 11.3 Å². The van der Waals surface area contributed by atoms with Crippen molar-refractivity contribution in [3.05, 3.63) is 27.7 Å². The van der Waals surface area contributed by atoms with Gasteiger partial charge in [0.1, 0.15) is 0 Å². The minimum absolute atomic E-state index is 0.0302. The molecule has 1 aromatic rings. The van der Waals surface area contributed by atoms with E-state index >= 15 is 0 Å². The van der Waals surface area contributed by atoms with Crippen molar-refractivity contribution in [1.29, 1.82) is 0 Å². The van der Waals surface area contributed by atoms with Crippen molar-refractivity contribution in [2.75, 3.05) is 7.05 Å². The van der Waals surface area contributed by atoms with Crippen LogP contribution in [-0.4, -0.2) is 16.8 Å². The fraction of sp³-hybridized carbons (Fsp3) is 0.636. The van der Waals surface area contributed by atoms with E-state index < -0.39 is 0 Å². The molecule has 0 fully saturated rings. The Hall–Kier alpha value is -1.16. The molecule has 0 aliphatic carbocycles. The molecule has 4 nitrogen and oxygen atoms in total. The zero-order chi connectivity index (χ0) is 11.6. The molecule has 1 aromatic heterocycles. The number of nitrogens with zero attached hydrogens (tertiary/aromatic N) is 2. The van der Waals surface area contributed by atoms with Gasteiger partial charge in [0.25, 0.3) is 5.56 Å². The third kappa shape index (κ3) is 2.65. The molecular formula is C11H19N3O. The van der Waals surface area contributed by atoms with E-state index in [4.69, 9.17) is 0 Å². The first-order valence-electron chi connectivity index (χ1n) is 5.08. The highest BCUT2D eigenvalue weighted by atomic mass is 16.1. The molecule has 0 saturated heterocycles. The SMILES string of the molecule is CNCc1cc(C(C)(C)C)nn(C)c1=O. The van der Waals surface area contributed by atoms with E-state index in [2.05, 4.69) is 31.2 Å². The molecule has 0 spiro atoms. The van der Waals surface area contributed by atoms with Gasteiger partial charge >= 0.3 is 0 Å². The fourth-order valence-electron chi connectivity index (χ4n) is 1.35. The van der Waals surface area contributed by atoms with Gasteiger partial charge in [-0.15, -0.1) is 0 Å². The zero-order valence-corrected chi connectivity index (χ0v) is 10.1. The smallest absolute Gasteiger partial charge is 0.270 e. The van der Waals surface area contributed by atoms with Gasteiger partial charge < -0.3 is 5.32 Å². The van der Waals surface area contributed by atoms with Gasteiger partial charge in [-0.25, -0.2) is 4.68 Å². The van der Waals surface area contributed by atoms with Crippen molar-refractivity contribution < 1.29 is 0 Å². The molecule has 1 heterocycles. The summed E-state index contributed by atoms with van der Waals surface area (Å²) in [6.07, 6.45) is 0. The lowest BCUT2D eigenvalue weighted by atomic mass is 9.91. The van der Waals surface area contributed by atoms with Crippen LogP contribution in [0.1, 0.15) is 32.0 Å². The molecule has 84 valence electrons. The Bertz CT molecular complexity index is 401. The van der Waals surface area contributed by atoms with Crippen LogP contribution in [0.4, 0.5) is 0 Å². The van der Waals surface area contributed by atoms with Crippen LogP contribution in [0.15, 0.2) is 10.9 Å². The van der Waals surface area contributed by atoms with E-state index in [1.165, 1.54) is 4.68 Å². The van der Waals surface area contributed by atoms with Crippen molar-refractivity contribution in [3.63, 3.8) is 0 Å². The summed E-state index contributed by atoms with van der Waals surface area (Å²) in [5, 5.41) is 7.25. The summed E-state index contributed by atoms with van der Waals surface area (Å²) in [6.45, 7) is 6.84. The highest BCUT2D eigenvalue weighted by Gasteiger charge is 2.18. The summed E-state index contributed by atoms with van der Waals surface area (Å²) in [5.41, 5.74) is 1.64. The van der Waals surface area contributed by atoms with Crippen LogP contribution in [0.5, 0.6) is 0 Å². The summed E-state index contributed by atoms with van der Waals surface area (Å²) in [5.74, 6) is 0. The monoisotopic (exact) mass is 209 g/mol. The minimum atomic E-state index is -0.0338. The second-order valence-electron chi connectivity index (χ2n) is 4.76. The molecule has 0 unspecified atom stereocenters. The maximum Gasteiger partial charge on any atom is 0.270 e. The molecule has 4 heteroatoms. The predicted octanol–water partition coefficient (Wildman–Crippen LogP) is 0.797. The maximum absolute atomic E-state index is 11.7. The first-order chi connectivity index (χ1) is 6.86. The molecule has 0 saturated carbocycles. The van der Waals surface area contributed by atoms with Crippen molar-refractivity contribution in [3.8, 4) is 0 Å². The van der Waals surface area contributed by atoms with Gasteiger partial charge in [0.15, 0.2) is 0 Å². The average Bonchev–Trinajstić information content (AvgIpc) is 2.11. The molecule has 15 heavy (non-hydrogen) atoms. The number of nitrogens with one attached hydrogen (secondary N) is 1. The van der Waals surface area contributed by atoms with Gasteiger partial charge in [-0.05, 0) is 13.1 Å². The van der Waals surface area contributed by atoms with Gasteiger partial charge in [0.2, 0.25) is 0 Å². The summed E-state index contributed by atoms with van der Waals surface area (Å²) in [7, 11) is 3.52. The van der Waals surface area contributed by atoms with Crippen LogP contribution in [0.2, 0.25) is 0 Å². The van der Waals surface area contributed by atoms with Crippen molar-refractivity contribution >= 4 is 0 Å². The third-order valence-electron chi connectivity index (χ3n) is 2.27. The van der Waals surface area contributed by atoms with Gasteiger partial charge in [0, 0.05) is 24.6 Å². The Morgan fingerprint density at radius 2 is 2.07 bits per heavy atom. The van der Waals surface area contributed by atoms with Gasteiger partial charge in [-0.3, -0.25) is 4.79 Å². The van der Waals surface area contributed by atoms with Gasteiger partial charge in [-0.2, -0.15) is 5.10 Å². The molecule has 0 radical (unpaired) electrons. The van der Waals surface area contributed by atoms with Crippen LogP contribution in [0.25, 0.3) is 0 Å². The second-order valence-corrected chi connectivity index (χ2v) is 4.76. The highest BCUT2D eigenvalue weighted by Crippen LogP contribution is 2.19. The van der Waals surface area contributed by atoms with Crippen molar-refractivity contribution in [2.45, 2.75) is 32.7 Å². The van der Waals surface area contributed by atoms with Crippen LogP contribution >= 0.6 is 0 Å². The number of hydrogen-bond donors (Lipinski definition) is 1. The lowest BCUT2D eigenvalue weighted by Crippen LogP contribution is -2.30. The van der Waals surface area contributed by atoms with E-state index in [9.17, 15) is 4.79 Å². The highest BCUT2D eigenvalue weighted by molar-refractivity contribution is 5.19. The standard InChI is InChI=1S/C11H19N3O/c1-11(2,3)9-6-8(7-12-4)10(15)14(5)13-9/h6,12H,7H2,1-5H3. The summed E-state index contributed by atoms with van der Waals surface area (Å²) in [6, 6.07) is 1.89. The quantitative estimate of drug-likeness (QED) is 0.783. The Balaban J connectivity index is 3.30. The largest absolute Gasteiger partial charge is 0.315 e. The van der Waals surface area contributed by atoms with Crippen molar-refractivity contribution in [2.24, 2.45) is 7.05 Å². The molecule has 1 rings (SSSR count). The van der Waals surface area contributed by atoms with E-state index in [-0.39, 0.29) is 11.0 Å². The second kappa shape index (κ2) is 4.14. The van der Waals surface area contributed by atoms with Crippen LogP contribution < -0.4 is 10.9 Å². The molecule has 0 aliphatic heterocycles. The first-order valence-corrected chi connectivity index (χ1v) is 5.08. The first kappa shape index (κ1) is 11.9. The number of hydrogen-bond acceptors (Lipinski definition) is 3. The van der Waals surface area contributed by atoms with Crippen molar-refractivity contribution in [1.82, 2.24) is 15.1 Å².